The van der Waals surface area contributed by atoms with E-state index >= 15 is 0 Å². The number of hydrogen-bond donors (Lipinski definition) is 2. The van der Waals surface area contributed by atoms with Crippen molar-refractivity contribution in [3.8, 4) is 0 Å². The third kappa shape index (κ3) is 4.25. The van der Waals surface area contributed by atoms with Crippen LogP contribution in [0.3, 0.4) is 0 Å². The van der Waals surface area contributed by atoms with Crippen molar-refractivity contribution in [2.45, 2.75) is 6.92 Å². The van der Waals surface area contributed by atoms with Gasteiger partial charge in [0, 0.05) is 37.3 Å². The molecule has 0 aromatic carbocycles. The number of ether oxygens (including phenoxy) is 1. The number of amides is 2. The molecule has 1 aromatic heterocycles. The zero-order valence-corrected chi connectivity index (χ0v) is 11.3. The first kappa shape index (κ1) is 13.3. The Morgan fingerprint density at radius 2 is 2.33 bits per heavy atom. The van der Waals surface area contributed by atoms with Crippen LogP contribution >= 0.6 is 11.3 Å². The van der Waals surface area contributed by atoms with Gasteiger partial charge in [-0.2, -0.15) is 0 Å². The molecular formula is C11H18N4O2S. The van der Waals surface area contributed by atoms with Gasteiger partial charge in [0.25, 0.3) is 0 Å². The van der Waals surface area contributed by atoms with Gasteiger partial charge in [-0.25, -0.2) is 9.78 Å². The summed E-state index contributed by atoms with van der Waals surface area (Å²) in [5.41, 5.74) is 0. The van der Waals surface area contributed by atoms with Crippen LogP contribution in [0.4, 0.5) is 9.93 Å². The Morgan fingerprint density at radius 1 is 1.56 bits per heavy atom. The van der Waals surface area contributed by atoms with Crippen LogP contribution in [-0.2, 0) is 4.74 Å². The number of carbonyl (C=O) groups is 1. The van der Waals surface area contributed by atoms with Gasteiger partial charge in [0.15, 0.2) is 5.13 Å². The highest BCUT2D eigenvalue weighted by Gasteiger charge is 2.10. The minimum Gasteiger partial charge on any atom is -0.379 e. The van der Waals surface area contributed by atoms with Crippen molar-refractivity contribution in [1.82, 2.24) is 15.2 Å². The predicted octanol–water partition coefficient (Wildman–Crippen LogP) is 0.905. The number of rotatable bonds is 4. The van der Waals surface area contributed by atoms with Gasteiger partial charge in [0.2, 0.25) is 0 Å². The zero-order valence-electron chi connectivity index (χ0n) is 10.4. The second-order valence-corrected chi connectivity index (χ2v) is 5.35. The van der Waals surface area contributed by atoms with Crippen LogP contribution in [0.2, 0.25) is 0 Å². The summed E-state index contributed by atoms with van der Waals surface area (Å²) in [6, 6.07) is -0.197. The molecule has 2 N–H and O–H groups in total. The Hall–Kier alpha value is -1.18. The third-order valence-corrected chi connectivity index (χ3v) is 3.49. The highest BCUT2D eigenvalue weighted by Crippen LogP contribution is 2.15. The fourth-order valence-corrected chi connectivity index (χ4v) is 2.37. The van der Waals surface area contributed by atoms with Gasteiger partial charge in [-0.05, 0) is 6.92 Å². The van der Waals surface area contributed by atoms with E-state index in [0.717, 1.165) is 37.7 Å². The van der Waals surface area contributed by atoms with E-state index in [-0.39, 0.29) is 6.03 Å². The molecule has 0 radical (unpaired) electrons. The average Bonchev–Trinajstić information content (AvgIpc) is 2.76. The number of anilines is 1. The maximum Gasteiger partial charge on any atom is 0.321 e. The summed E-state index contributed by atoms with van der Waals surface area (Å²) in [6.45, 7) is 6.89. The number of urea groups is 1. The Morgan fingerprint density at radius 3 is 3.00 bits per heavy atom. The molecule has 0 bridgehead atoms. The molecule has 0 atom stereocenters. The number of carbonyl (C=O) groups excluding carboxylic acids is 1. The zero-order chi connectivity index (χ0) is 12.8. The Balaban J connectivity index is 1.62. The van der Waals surface area contributed by atoms with Crippen LogP contribution in [0.15, 0.2) is 6.20 Å². The third-order valence-electron chi connectivity index (χ3n) is 2.66. The number of thiazole rings is 1. The van der Waals surface area contributed by atoms with Crippen LogP contribution in [-0.4, -0.2) is 55.3 Å². The van der Waals surface area contributed by atoms with Gasteiger partial charge in [-0.15, -0.1) is 11.3 Å². The molecule has 0 aliphatic carbocycles. The number of morpholine rings is 1. The molecule has 2 amide bonds. The topological polar surface area (TPSA) is 66.5 Å². The van der Waals surface area contributed by atoms with E-state index in [1.54, 1.807) is 6.20 Å². The number of aromatic nitrogens is 1. The van der Waals surface area contributed by atoms with Crippen molar-refractivity contribution < 1.29 is 9.53 Å². The molecule has 0 spiro atoms. The van der Waals surface area contributed by atoms with E-state index in [4.69, 9.17) is 4.74 Å². The standard InChI is InChI=1S/C11H18N4O2S/c1-9-8-13-11(18-9)14-10(16)12-2-3-15-4-6-17-7-5-15/h8H,2-7H2,1H3,(H2,12,13,14,16). The molecule has 1 aliphatic heterocycles. The fourth-order valence-electron chi connectivity index (χ4n) is 1.71. The summed E-state index contributed by atoms with van der Waals surface area (Å²) in [5, 5.41) is 6.17. The molecule has 1 aliphatic rings. The maximum absolute atomic E-state index is 11.6. The van der Waals surface area contributed by atoms with Gasteiger partial charge in [-0.3, -0.25) is 10.2 Å². The van der Waals surface area contributed by atoms with Gasteiger partial charge < -0.3 is 10.1 Å². The van der Waals surface area contributed by atoms with E-state index < -0.39 is 0 Å². The van der Waals surface area contributed by atoms with Crippen molar-refractivity contribution in [1.29, 1.82) is 0 Å². The van der Waals surface area contributed by atoms with Crippen LogP contribution in [0.1, 0.15) is 4.88 Å². The molecule has 1 aromatic rings. The number of nitrogens with one attached hydrogen (secondary N) is 2. The Kier molecular flexibility index (Phi) is 4.91. The van der Waals surface area contributed by atoms with Crippen molar-refractivity contribution in [3.63, 3.8) is 0 Å². The van der Waals surface area contributed by atoms with Gasteiger partial charge in [0.05, 0.1) is 13.2 Å². The quantitative estimate of drug-likeness (QED) is 0.853. The Bertz CT molecular complexity index is 390. The van der Waals surface area contributed by atoms with Crippen molar-refractivity contribution in [2.24, 2.45) is 0 Å². The van der Waals surface area contributed by atoms with Crippen molar-refractivity contribution >= 4 is 22.5 Å². The molecule has 0 saturated carbocycles. The molecule has 1 fully saturated rings. The molecule has 0 unspecified atom stereocenters. The van der Waals surface area contributed by atoms with Crippen LogP contribution < -0.4 is 10.6 Å². The minimum absolute atomic E-state index is 0.197. The van der Waals surface area contributed by atoms with Gasteiger partial charge in [0.1, 0.15) is 0 Å². The van der Waals surface area contributed by atoms with Crippen LogP contribution in [0, 0.1) is 6.92 Å². The lowest BCUT2D eigenvalue weighted by atomic mass is 10.4. The normalized spacial score (nSPS) is 16.5. The summed E-state index contributed by atoms with van der Waals surface area (Å²) in [6.07, 6.45) is 1.74. The van der Waals surface area contributed by atoms with E-state index in [2.05, 4.69) is 20.5 Å². The second-order valence-electron chi connectivity index (χ2n) is 4.11. The summed E-state index contributed by atoms with van der Waals surface area (Å²) >= 11 is 1.47. The molecule has 18 heavy (non-hydrogen) atoms. The lowest BCUT2D eigenvalue weighted by Crippen LogP contribution is -2.42. The summed E-state index contributed by atoms with van der Waals surface area (Å²) < 4.78 is 5.26. The number of nitrogens with zero attached hydrogens (tertiary/aromatic N) is 2. The molecule has 7 heteroatoms. The highest BCUT2D eigenvalue weighted by molar-refractivity contribution is 7.15. The van der Waals surface area contributed by atoms with Crippen LogP contribution in [0.5, 0.6) is 0 Å². The van der Waals surface area contributed by atoms with Crippen molar-refractivity contribution in [3.05, 3.63) is 11.1 Å². The number of aryl methyl sites for hydroxylation is 1. The maximum atomic E-state index is 11.6. The lowest BCUT2D eigenvalue weighted by molar-refractivity contribution is 0.0388. The van der Waals surface area contributed by atoms with E-state index in [0.29, 0.717) is 11.7 Å². The van der Waals surface area contributed by atoms with E-state index in [1.807, 2.05) is 6.92 Å². The SMILES string of the molecule is Cc1cnc(NC(=O)NCCN2CCOCC2)s1. The first-order valence-corrected chi connectivity index (χ1v) is 6.83. The molecular weight excluding hydrogens is 252 g/mol. The second kappa shape index (κ2) is 6.67. The lowest BCUT2D eigenvalue weighted by Gasteiger charge is -2.26. The summed E-state index contributed by atoms with van der Waals surface area (Å²) in [5.74, 6) is 0. The average molecular weight is 270 g/mol. The molecule has 2 rings (SSSR count). The first-order valence-electron chi connectivity index (χ1n) is 6.01. The predicted molar refractivity (Wildman–Crippen MR) is 71.1 cm³/mol. The summed E-state index contributed by atoms with van der Waals surface area (Å²) in [7, 11) is 0. The van der Waals surface area contributed by atoms with E-state index in [9.17, 15) is 4.79 Å². The molecule has 2 heterocycles. The molecule has 100 valence electrons. The number of hydrogen-bond acceptors (Lipinski definition) is 5. The first-order chi connectivity index (χ1) is 8.74. The summed E-state index contributed by atoms with van der Waals surface area (Å²) in [4.78, 5) is 19.0. The fraction of sp³-hybridized carbons (Fsp3) is 0.636. The van der Waals surface area contributed by atoms with Gasteiger partial charge >= 0.3 is 6.03 Å². The van der Waals surface area contributed by atoms with E-state index in [1.165, 1.54) is 11.3 Å². The van der Waals surface area contributed by atoms with Gasteiger partial charge in [-0.1, -0.05) is 0 Å². The largest absolute Gasteiger partial charge is 0.379 e. The minimum atomic E-state index is -0.197. The van der Waals surface area contributed by atoms with Crippen molar-refractivity contribution in [2.75, 3.05) is 44.7 Å². The Labute approximate surface area is 110 Å². The van der Waals surface area contributed by atoms with Crippen LogP contribution in [0.25, 0.3) is 0 Å². The monoisotopic (exact) mass is 270 g/mol. The molecule has 6 nitrogen and oxygen atoms in total. The smallest absolute Gasteiger partial charge is 0.321 e. The molecule has 1 saturated heterocycles. The highest BCUT2D eigenvalue weighted by atomic mass is 32.1.